The number of carbonyl (C=O) groups is 2. The Balaban J connectivity index is 0.000000327. The molecule has 104 valence electrons. The molecule has 0 bridgehead atoms. The Bertz CT molecular complexity index is 299. The van der Waals surface area contributed by atoms with Crippen LogP contribution >= 0.6 is 0 Å². The minimum absolute atomic E-state index is 0.187. The zero-order valence-corrected chi connectivity index (χ0v) is 9.51. The number of carboxylic acid groups (broad SMARTS) is 2. The maximum absolute atomic E-state index is 9.77. The van der Waals surface area contributed by atoms with Crippen molar-refractivity contribution in [3.8, 4) is 0 Å². The summed E-state index contributed by atoms with van der Waals surface area (Å²) in [5, 5.41) is 41.1. The normalized spacial score (nSPS) is 24.9. The minimum Gasteiger partial charge on any atom is -0.479 e. The van der Waals surface area contributed by atoms with Crippen LogP contribution in [0.5, 0.6) is 0 Å². The van der Waals surface area contributed by atoms with Gasteiger partial charge in [-0.05, 0) is 6.42 Å². The molecule has 0 aromatic rings. The van der Waals surface area contributed by atoms with Gasteiger partial charge in [-0.2, -0.15) is 0 Å². The van der Waals surface area contributed by atoms with Crippen molar-refractivity contribution in [2.45, 2.75) is 24.7 Å². The van der Waals surface area contributed by atoms with E-state index >= 15 is 0 Å². The van der Waals surface area contributed by atoms with E-state index in [4.69, 9.17) is 31.3 Å². The summed E-state index contributed by atoms with van der Waals surface area (Å²) in [6.45, 7) is 0.240. The smallest absolute Gasteiger partial charge is 0.335 e. The highest BCUT2D eigenvalue weighted by atomic mass is 16.4. The van der Waals surface area contributed by atoms with Crippen LogP contribution < -0.4 is 5.73 Å². The highest BCUT2D eigenvalue weighted by Gasteiger charge is 2.29. The second kappa shape index (κ2) is 7.77. The molecule has 0 saturated heterocycles. The minimum atomic E-state index is -2.27. The highest BCUT2D eigenvalue weighted by molar-refractivity contribution is 5.83. The number of hydrogen-bond acceptors (Lipinski definition) is 6. The number of carboxylic acids is 2. The predicted molar refractivity (Wildman–Crippen MR) is 59.6 cm³/mol. The molecule has 7 N–H and O–H groups in total. The summed E-state index contributed by atoms with van der Waals surface area (Å²) < 4.78 is 0. The van der Waals surface area contributed by atoms with Crippen molar-refractivity contribution >= 4 is 11.9 Å². The van der Waals surface area contributed by atoms with Gasteiger partial charge in [-0.1, -0.05) is 12.2 Å². The molecule has 1 aliphatic carbocycles. The van der Waals surface area contributed by atoms with Crippen LogP contribution in [0.1, 0.15) is 6.42 Å². The first-order valence-electron chi connectivity index (χ1n) is 5.16. The van der Waals surface area contributed by atoms with Gasteiger partial charge in [0.1, 0.15) is 0 Å². The van der Waals surface area contributed by atoms with Gasteiger partial charge in [0, 0.05) is 18.6 Å². The lowest BCUT2D eigenvalue weighted by Gasteiger charge is -2.07. The molecule has 0 amide bonds. The van der Waals surface area contributed by atoms with E-state index in [2.05, 4.69) is 0 Å². The monoisotopic (exact) mass is 263 g/mol. The van der Waals surface area contributed by atoms with Crippen LogP contribution in [0.25, 0.3) is 0 Å². The molecule has 4 atom stereocenters. The van der Waals surface area contributed by atoms with E-state index in [9.17, 15) is 9.59 Å². The van der Waals surface area contributed by atoms with E-state index in [0.717, 1.165) is 6.42 Å². The van der Waals surface area contributed by atoms with E-state index in [1.54, 1.807) is 0 Å². The maximum atomic E-state index is 9.77. The van der Waals surface area contributed by atoms with Gasteiger partial charge in [-0.25, -0.2) is 9.59 Å². The first kappa shape index (κ1) is 16.5. The van der Waals surface area contributed by atoms with Gasteiger partial charge in [-0.15, -0.1) is 0 Å². The zero-order valence-electron chi connectivity index (χ0n) is 9.51. The molecule has 1 aliphatic rings. The Morgan fingerprint density at radius 1 is 1.17 bits per heavy atom. The van der Waals surface area contributed by atoms with Crippen molar-refractivity contribution < 1.29 is 35.1 Å². The quantitative estimate of drug-likeness (QED) is 0.310. The summed E-state index contributed by atoms with van der Waals surface area (Å²) in [6.07, 6.45) is 0.303. The number of rotatable bonds is 4. The largest absolute Gasteiger partial charge is 0.479 e. The summed E-state index contributed by atoms with van der Waals surface area (Å²) in [5.41, 5.74) is 5.50. The third-order valence-corrected chi connectivity index (χ3v) is 2.24. The molecule has 0 aromatic heterocycles. The van der Waals surface area contributed by atoms with Crippen LogP contribution in [0.4, 0.5) is 0 Å². The van der Waals surface area contributed by atoms with E-state index in [1.807, 2.05) is 12.2 Å². The molecule has 0 radical (unpaired) electrons. The first-order chi connectivity index (χ1) is 8.29. The summed E-state index contributed by atoms with van der Waals surface area (Å²) >= 11 is 0. The van der Waals surface area contributed by atoms with Gasteiger partial charge in [-0.3, -0.25) is 0 Å². The van der Waals surface area contributed by atoms with Crippen LogP contribution in [0.15, 0.2) is 12.2 Å². The second-order valence-electron chi connectivity index (χ2n) is 3.79. The van der Waals surface area contributed by atoms with Crippen LogP contribution in [0.2, 0.25) is 0 Å². The van der Waals surface area contributed by atoms with Crippen LogP contribution in [0.3, 0.4) is 0 Å². The van der Waals surface area contributed by atoms with Crippen LogP contribution in [0, 0.1) is 5.92 Å². The lowest BCUT2D eigenvalue weighted by Crippen LogP contribution is -2.39. The molecular formula is C10H17NO7. The number of aliphatic hydroxyl groups is 3. The van der Waals surface area contributed by atoms with Crippen molar-refractivity contribution in [3.05, 3.63) is 12.2 Å². The van der Waals surface area contributed by atoms with E-state index in [1.165, 1.54) is 0 Å². The van der Waals surface area contributed by atoms with Crippen LogP contribution in [-0.4, -0.2) is 62.3 Å². The third kappa shape index (κ3) is 5.73. The molecule has 0 heterocycles. The molecule has 0 spiro atoms. The molecule has 18 heavy (non-hydrogen) atoms. The van der Waals surface area contributed by atoms with Gasteiger partial charge >= 0.3 is 11.9 Å². The second-order valence-corrected chi connectivity index (χ2v) is 3.79. The highest BCUT2D eigenvalue weighted by Crippen LogP contribution is 2.14. The van der Waals surface area contributed by atoms with Gasteiger partial charge in [0.15, 0.2) is 12.2 Å². The van der Waals surface area contributed by atoms with Crippen molar-refractivity contribution in [2.75, 3.05) is 6.61 Å². The predicted octanol–water partition coefficient (Wildman–Crippen LogP) is -2.24. The topological polar surface area (TPSA) is 161 Å². The molecule has 8 nitrogen and oxygen atoms in total. The third-order valence-electron chi connectivity index (χ3n) is 2.24. The molecular weight excluding hydrogens is 246 g/mol. The number of nitrogens with two attached hydrogens (primary N) is 1. The fourth-order valence-electron chi connectivity index (χ4n) is 1.21. The number of hydrogen-bond donors (Lipinski definition) is 6. The van der Waals surface area contributed by atoms with E-state index < -0.39 is 24.1 Å². The van der Waals surface area contributed by atoms with Crippen molar-refractivity contribution in [3.63, 3.8) is 0 Å². The fraction of sp³-hybridized carbons (Fsp3) is 0.600. The number of aliphatic carboxylic acids is 2. The van der Waals surface area contributed by atoms with Gasteiger partial charge in [0.2, 0.25) is 0 Å². The van der Waals surface area contributed by atoms with Crippen LogP contribution in [-0.2, 0) is 9.59 Å². The summed E-state index contributed by atoms with van der Waals surface area (Å²) in [6, 6.07) is 0.187. The molecule has 1 rings (SSSR count). The van der Waals surface area contributed by atoms with Gasteiger partial charge in [0.25, 0.3) is 0 Å². The summed E-state index contributed by atoms with van der Waals surface area (Å²) in [5.74, 6) is -3.21. The summed E-state index contributed by atoms with van der Waals surface area (Å²) in [7, 11) is 0. The lowest BCUT2D eigenvalue weighted by atomic mass is 10.1. The van der Waals surface area contributed by atoms with Gasteiger partial charge in [0.05, 0.1) is 0 Å². The SMILES string of the molecule is NC1C=C[C@@H](CO)C1.O=C(O)C(O)C(O)C(=O)O. The summed E-state index contributed by atoms with van der Waals surface area (Å²) in [4.78, 5) is 19.5. The van der Waals surface area contributed by atoms with Crippen molar-refractivity contribution in [2.24, 2.45) is 11.7 Å². The molecule has 3 unspecified atom stereocenters. The van der Waals surface area contributed by atoms with Crippen molar-refractivity contribution in [1.82, 2.24) is 0 Å². The Labute approximate surface area is 103 Å². The lowest BCUT2D eigenvalue weighted by molar-refractivity contribution is -0.165. The Kier molecular flexibility index (Phi) is 7.13. The Morgan fingerprint density at radius 2 is 1.61 bits per heavy atom. The standard InChI is InChI=1S/C6H11NO.C4H6O6/c7-6-2-1-5(3-6)4-8;5-1(3(7)8)2(6)4(9)10/h1-2,5-6,8H,3-4,7H2;1-2,5-6H,(H,7,8)(H,9,10)/t5-,6?;/m1./s1. The molecule has 0 aliphatic heterocycles. The average Bonchev–Trinajstić information content (AvgIpc) is 2.73. The fourth-order valence-corrected chi connectivity index (χ4v) is 1.21. The average molecular weight is 263 g/mol. The van der Waals surface area contributed by atoms with E-state index in [0.29, 0.717) is 5.92 Å². The van der Waals surface area contributed by atoms with E-state index in [-0.39, 0.29) is 12.6 Å². The zero-order chi connectivity index (χ0) is 14.3. The Morgan fingerprint density at radius 3 is 1.78 bits per heavy atom. The molecule has 8 heteroatoms. The molecule has 0 aromatic carbocycles. The maximum Gasteiger partial charge on any atom is 0.335 e. The number of aliphatic hydroxyl groups excluding tert-OH is 3. The first-order valence-corrected chi connectivity index (χ1v) is 5.16. The molecule has 0 saturated carbocycles. The Hall–Kier alpha value is -1.48. The van der Waals surface area contributed by atoms with Gasteiger partial charge < -0.3 is 31.3 Å². The van der Waals surface area contributed by atoms with Crippen molar-refractivity contribution in [1.29, 1.82) is 0 Å². The molecule has 0 fully saturated rings.